The number of ether oxygens (including phenoxy) is 1. The molecule has 0 aliphatic rings. The van der Waals surface area contributed by atoms with E-state index in [0.717, 1.165) is 17.7 Å². The fourth-order valence-corrected chi connectivity index (χ4v) is 2.27. The summed E-state index contributed by atoms with van der Waals surface area (Å²) in [6.07, 6.45) is 0.00466. The van der Waals surface area contributed by atoms with Crippen molar-refractivity contribution >= 4 is 17.2 Å². The van der Waals surface area contributed by atoms with Crippen molar-refractivity contribution in [1.29, 1.82) is 0 Å². The average Bonchev–Trinajstić information content (AvgIpc) is 2.59. The molecule has 0 saturated carbocycles. The highest BCUT2D eigenvalue weighted by atomic mass is 19.4. The second-order valence-electron chi connectivity index (χ2n) is 5.39. The highest BCUT2D eigenvalue weighted by Crippen LogP contribution is 2.31. The maximum Gasteiger partial charge on any atom is 0.416 e. The van der Waals surface area contributed by atoms with Crippen LogP contribution < -0.4 is 5.73 Å². The third-order valence-corrected chi connectivity index (χ3v) is 3.53. The smallest absolute Gasteiger partial charge is 0.416 e. The number of carbonyl (C=O) groups excluding carboxylic acids is 1. The molecule has 136 valence electrons. The SMILES string of the molecule is CCOC(=O)/C=C/C=C(\c1ccc(N)cc1)c1ccc(C(F)(F)F)cc1. The summed E-state index contributed by atoms with van der Waals surface area (Å²) in [5.41, 5.74) is 7.53. The van der Waals surface area contributed by atoms with Crippen LogP contribution in [0, 0.1) is 0 Å². The number of nitrogen functional groups attached to an aromatic ring is 1. The van der Waals surface area contributed by atoms with Crippen LogP contribution in [0.2, 0.25) is 0 Å². The van der Waals surface area contributed by atoms with Crippen molar-refractivity contribution in [3.05, 3.63) is 83.4 Å². The molecule has 0 saturated heterocycles. The van der Waals surface area contributed by atoms with E-state index in [2.05, 4.69) is 0 Å². The van der Waals surface area contributed by atoms with Gasteiger partial charge in [-0.15, -0.1) is 0 Å². The van der Waals surface area contributed by atoms with E-state index in [4.69, 9.17) is 10.5 Å². The van der Waals surface area contributed by atoms with Crippen LogP contribution >= 0.6 is 0 Å². The number of hydrogen-bond acceptors (Lipinski definition) is 3. The molecule has 0 atom stereocenters. The van der Waals surface area contributed by atoms with Crippen LogP contribution in [0.5, 0.6) is 0 Å². The molecule has 26 heavy (non-hydrogen) atoms. The second-order valence-corrected chi connectivity index (χ2v) is 5.39. The Bertz CT molecular complexity index is 804. The Labute approximate surface area is 149 Å². The van der Waals surface area contributed by atoms with Crippen molar-refractivity contribution in [2.24, 2.45) is 0 Å². The molecular weight excluding hydrogens is 343 g/mol. The van der Waals surface area contributed by atoms with Crippen molar-refractivity contribution in [3.8, 4) is 0 Å². The van der Waals surface area contributed by atoms with E-state index in [-0.39, 0.29) is 6.61 Å². The van der Waals surface area contributed by atoms with Crippen LogP contribution in [0.25, 0.3) is 5.57 Å². The first-order chi connectivity index (χ1) is 12.3. The number of rotatable bonds is 5. The van der Waals surface area contributed by atoms with Gasteiger partial charge >= 0.3 is 12.1 Å². The summed E-state index contributed by atoms with van der Waals surface area (Å²) >= 11 is 0. The molecule has 0 amide bonds. The third kappa shape index (κ3) is 5.24. The van der Waals surface area contributed by atoms with E-state index in [0.29, 0.717) is 16.8 Å². The monoisotopic (exact) mass is 361 g/mol. The summed E-state index contributed by atoms with van der Waals surface area (Å²) in [4.78, 5) is 11.4. The van der Waals surface area contributed by atoms with Gasteiger partial charge in [0.2, 0.25) is 0 Å². The van der Waals surface area contributed by atoms with Crippen LogP contribution in [0.3, 0.4) is 0 Å². The van der Waals surface area contributed by atoms with Gasteiger partial charge in [-0.05, 0) is 47.9 Å². The van der Waals surface area contributed by atoms with Crippen LogP contribution in [-0.2, 0) is 15.7 Å². The molecule has 2 N–H and O–H groups in total. The van der Waals surface area contributed by atoms with Gasteiger partial charge < -0.3 is 10.5 Å². The molecule has 2 aromatic carbocycles. The summed E-state index contributed by atoms with van der Waals surface area (Å²) in [7, 11) is 0. The van der Waals surface area contributed by atoms with Crippen LogP contribution in [0.15, 0.2) is 66.8 Å². The van der Waals surface area contributed by atoms with Crippen molar-refractivity contribution in [2.75, 3.05) is 12.3 Å². The number of alkyl halides is 3. The molecule has 0 aromatic heterocycles. The highest BCUT2D eigenvalue weighted by Gasteiger charge is 2.30. The number of hydrogen-bond donors (Lipinski definition) is 1. The summed E-state index contributed by atoms with van der Waals surface area (Å²) in [5, 5.41) is 0. The fourth-order valence-electron chi connectivity index (χ4n) is 2.27. The van der Waals surface area contributed by atoms with E-state index in [9.17, 15) is 18.0 Å². The Balaban J connectivity index is 2.40. The van der Waals surface area contributed by atoms with Crippen molar-refractivity contribution in [1.82, 2.24) is 0 Å². The first-order valence-electron chi connectivity index (χ1n) is 7.90. The van der Waals surface area contributed by atoms with Crippen LogP contribution in [0.1, 0.15) is 23.6 Å². The molecule has 0 aliphatic carbocycles. The largest absolute Gasteiger partial charge is 0.463 e. The van der Waals surface area contributed by atoms with Gasteiger partial charge in [0.1, 0.15) is 0 Å². The Kier molecular flexibility index (Phi) is 6.22. The highest BCUT2D eigenvalue weighted by molar-refractivity contribution is 5.85. The molecule has 0 bridgehead atoms. The molecule has 0 radical (unpaired) electrons. The molecule has 3 nitrogen and oxygen atoms in total. The zero-order valence-corrected chi connectivity index (χ0v) is 14.1. The van der Waals surface area contributed by atoms with E-state index in [1.165, 1.54) is 24.3 Å². The minimum Gasteiger partial charge on any atom is -0.463 e. The molecule has 2 aromatic rings. The molecule has 0 fully saturated rings. The van der Waals surface area contributed by atoms with Crippen molar-refractivity contribution in [3.63, 3.8) is 0 Å². The van der Waals surface area contributed by atoms with E-state index in [1.54, 1.807) is 37.3 Å². The van der Waals surface area contributed by atoms with E-state index < -0.39 is 17.7 Å². The van der Waals surface area contributed by atoms with Crippen molar-refractivity contribution < 1.29 is 22.7 Å². The predicted molar refractivity (Wildman–Crippen MR) is 95.2 cm³/mol. The van der Waals surface area contributed by atoms with Crippen LogP contribution in [0.4, 0.5) is 18.9 Å². The van der Waals surface area contributed by atoms with Gasteiger partial charge in [-0.3, -0.25) is 0 Å². The number of esters is 1. The molecule has 0 unspecified atom stereocenters. The molecule has 6 heteroatoms. The van der Waals surface area contributed by atoms with Gasteiger partial charge in [-0.25, -0.2) is 4.79 Å². The molecule has 2 rings (SSSR count). The maximum atomic E-state index is 12.8. The molecule has 0 spiro atoms. The standard InChI is InChI=1S/C20H18F3NO2/c1-2-26-19(25)5-3-4-18(15-8-12-17(24)13-9-15)14-6-10-16(11-7-14)20(21,22)23/h3-13H,2,24H2,1H3/b5-3+,18-4-. The number of carbonyl (C=O) groups is 1. The molecule has 0 aliphatic heterocycles. The van der Waals surface area contributed by atoms with Gasteiger partial charge in [0.25, 0.3) is 0 Å². The Morgan fingerprint density at radius 2 is 1.58 bits per heavy atom. The lowest BCUT2D eigenvalue weighted by Gasteiger charge is -2.11. The normalized spacial score (nSPS) is 12.4. The van der Waals surface area contributed by atoms with Gasteiger partial charge in [0, 0.05) is 11.8 Å². The number of allylic oxidation sites excluding steroid dienone is 2. The zero-order valence-electron chi connectivity index (χ0n) is 14.1. The van der Waals surface area contributed by atoms with Crippen molar-refractivity contribution in [2.45, 2.75) is 13.1 Å². The number of benzene rings is 2. The lowest BCUT2D eigenvalue weighted by atomic mass is 9.96. The minimum absolute atomic E-state index is 0.261. The van der Waals surface area contributed by atoms with E-state index >= 15 is 0 Å². The minimum atomic E-state index is -4.40. The topological polar surface area (TPSA) is 52.3 Å². The van der Waals surface area contributed by atoms with Gasteiger partial charge in [-0.1, -0.05) is 36.4 Å². The summed E-state index contributed by atoms with van der Waals surface area (Å²) in [6, 6.07) is 11.7. The quantitative estimate of drug-likeness (QED) is 0.359. The fraction of sp³-hybridized carbons (Fsp3) is 0.150. The maximum absolute atomic E-state index is 12.8. The van der Waals surface area contributed by atoms with Gasteiger partial charge in [-0.2, -0.15) is 13.2 Å². The second kappa shape index (κ2) is 8.38. The average molecular weight is 361 g/mol. The summed E-state index contributed by atoms with van der Waals surface area (Å²) in [6.45, 7) is 1.96. The molecule has 0 heterocycles. The first kappa shape index (κ1) is 19.3. The number of halogens is 3. The first-order valence-corrected chi connectivity index (χ1v) is 7.90. The molecular formula is C20H18F3NO2. The lowest BCUT2D eigenvalue weighted by Crippen LogP contribution is -2.04. The Morgan fingerprint density at radius 1 is 1.04 bits per heavy atom. The van der Waals surface area contributed by atoms with E-state index in [1.807, 2.05) is 0 Å². The summed E-state index contributed by atoms with van der Waals surface area (Å²) in [5.74, 6) is -0.493. The van der Waals surface area contributed by atoms with Gasteiger partial charge in [0.05, 0.1) is 12.2 Å². The Hall–Kier alpha value is -3.02. The number of anilines is 1. The Morgan fingerprint density at radius 3 is 2.08 bits per heavy atom. The lowest BCUT2D eigenvalue weighted by molar-refractivity contribution is -0.138. The third-order valence-electron chi connectivity index (χ3n) is 3.53. The van der Waals surface area contributed by atoms with Gasteiger partial charge in [0.15, 0.2) is 0 Å². The zero-order chi connectivity index (χ0) is 19.2. The summed E-state index contributed by atoms with van der Waals surface area (Å²) < 4.78 is 43.1. The van der Waals surface area contributed by atoms with Crippen LogP contribution in [-0.4, -0.2) is 12.6 Å². The number of nitrogens with two attached hydrogens (primary N) is 1. The predicted octanol–water partition coefficient (Wildman–Crippen LogP) is 4.84.